The van der Waals surface area contributed by atoms with Crippen LogP contribution in [0.2, 0.25) is 0 Å². The van der Waals surface area contributed by atoms with Gasteiger partial charge in [0.05, 0.1) is 7.11 Å². The Balaban J connectivity index is 2.12. The van der Waals surface area contributed by atoms with E-state index in [2.05, 4.69) is 5.92 Å². The number of methoxy groups -OCH3 is 1. The van der Waals surface area contributed by atoms with Gasteiger partial charge in [-0.25, -0.2) is 0 Å². The molecular formula is C11H10O2. The average molecular weight is 174 g/mol. The maximum absolute atomic E-state index is 5.25. The molecule has 0 aliphatic carbocycles. The number of benzene rings is 1. The summed E-state index contributed by atoms with van der Waals surface area (Å²) in [5, 5.41) is 0. The first kappa shape index (κ1) is 8.15. The van der Waals surface area contributed by atoms with Crippen molar-refractivity contribution in [2.24, 2.45) is 0 Å². The number of rotatable bonds is 2. The van der Waals surface area contributed by atoms with E-state index < -0.39 is 0 Å². The second kappa shape index (κ2) is 3.12. The molecule has 1 aliphatic heterocycles. The second-order valence-electron chi connectivity index (χ2n) is 2.92. The fraction of sp³-hybridized carbons (Fsp3) is 0.273. The average Bonchev–Trinajstić information content (AvgIpc) is 2.97. The van der Waals surface area contributed by atoms with E-state index in [-0.39, 0.29) is 12.2 Å². The molecule has 0 N–H and O–H groups in total. The Bertz CT molecular complexity index is 334. The molecule has 1 fully saturated rings. The highest BCUT2D eigenvalue weighted by molar-refractivity contribution is 5.32. The van der Waals surface area contributed by atoms with Crippen LogP contribution in [0.4, 0.5) is 0 Å². The molecule has 1 aromatic rings. The van der Waals surface area contributed by atoms with Gasteiger partial charge in [-0.05, 0) is 17.7 Å². The van der Waals surface area contributed by atoms with Crippen molar-refractivity contribution in [2.45, 2.75) is 12.2 Å². The lowest BCUT2D eigenvalue weighted by Gasteiger charge is -1.99. The van der Waals surface area contributed by atoms with Crippen molar-refractivity contribution in [3.05, 3.63) is 29.8 Å². The van der Waals surface area contributed by atoms with Crippen LogP contribution in [0, 0.1) is 12.3 Å². The fourth-order valence-electron chi connectivity index (χ4n) is 1.29. The minimum absolute atomic E-state index is 0.0339. The van der Waals surface area contributed by atoms with Crippen LogP contribution in [0.5, 0.6) is 5.75 Å². The predicted octanol–water partition coefficient (Wildman–Crippen LogP) is 1.77. The molecule has 0 unspecified atom stereocenters. The van der Waals surface area contributed by atoms with Crippen LogP contribution < -0.4 is 4.74 Å². The maximum Gasteiger partial charge on any atom is 0.149 e. The van der Waals surface area contributed by atoms with E-state index in [1.165, 1.54) is 0 Å². The molecule has 0 amide bonds. The third-order valence-electron chi connectivity index (χ3n) is 2.10. The van der Waals surface area contributed by atoms with Gasteiger partial charge in [-0.15, -0.1) is 6.42 Å². The predicted molar refractivity (Wildman–Crippen MR) is 49.4 cm³/mol. The Hall–Kier alpha value is -1.46. The minimum Gasteiger partial charge on any atom is -0.497 e. The van der Waals surface area contributed by atoms with Gasteiger partial charge in [-0.3, -0.25) is 0 Å². The van der Waals surface area contributed by atoms with E-state index in [1.54, 1.807) is 7.11 Å². The summed E-state index contributed by atoms with van der Waals surface area (Å²) in [5.74, 6) is 3.41. The third-order valence-corrected chi connectivity index (χ3v) is 2.10. The van der Waals surface area contributed by atoms with Gasteiger partial charge in [0.15, 0.2) is 0 Å². The van der Waals surface area contributed by atoms with Crippen molar-refractivity contribution in [1.82, 2.24) is 0 Å². The summed E-state index contributed by atoms with van der Waals surface area (Å²) >= 11 is 0. The molecule has 66 valence electrons. The summed E-state index contributed by atoms with van der Waals surface area (Å²) in [5.41, 5.74) is 1.11. The quantitative estimate of drug-likeness (QED) is 0.503. The number of hydrogen-bond donors (Lipinski definition) is 0. The number of epoxide rings is 1. The van der Waals surface area contributed by atoms with E-state index in [1.807, 2.05) is 24.3 Å². The van der Waals surface area contributed by atoms with E-state index in [0.717, 1.165) is 11.3 Å². The third kappa shape index (κ3) is 1.51. The van der Waals surface area contributed by atoms with Gasteiger partial charge in [-0.1, -0.05) is 18.1 Å². The molecule has 13 heavy (non-hydrogen) atoms. The fourth-order valence-corrected chi connectivity index (χ4v) is 1.29. The molecule has 2 heteroatoms. The standard InChI is InChI=1S/C11H10O2/c1-3-10-11(13-10)8-4-6-9(12-2)7-5-8/h1,4-7,10-11H,2H3/t10-,11-/m0/s1. The smallest absolute Gasteiger partial charge is 0.149 e. The molecule has 2 atom stereocenters. The minimum atomic E-state index is -0.0339. The van der Waals surface area contributed by atoms with Crippen molar-refractivity contribution in [3.8, 4) is 18.1 Å². The summed E-state index contributed by atoms with van der Waals surface area (Å²) in [6.45, 7) is 0. The highest BCUT2D eigenvalue weighted by Crippen LogP contribution is 2.38. The zero-order valence-electron chi connectivity index (χ0n) is 7.36. The first-order valence-corrected chi connectivity index (χ1v) is 4.10. The van der Waals surface area contributed by atoms with E-state index in [9.17, 15) is 0 Å². The van der Waals surface area contributed by atoms with Gasteiger partial charge in [0.2, 0.25) is 0 Å². The van der Waals surface area contributed by atoms with Gasteiger partial charge in [0, 0.05) is 0 Å². The van der Waals surface area contributed by atoms with Gasteiger partial charge < -0.3 is 9.47 Å². The monoisotopic (exact) mass is 174 g/mol. The highest BCUT2D eigenvalue weighted by Gasteiger charge is 2.38. The van der Waals surface area contributed by atoms with Crippen LogP contribution in [0.25, 0.3) is 0 Å². The van der Waals surface area contributed by atoms with E-state index in [4.69, 9.17) is 15.9 Å². The van der Waals surface area contributed by atoms with Crippen LogP contribution in [0.1, 0.15) is 11.7 Å². The largest absolute Gasteiger partial charge is 0.497 e. The lowest BCUT2D eigenvalue weighted by Crippen LogP contribution is -1.86. The lowest BCUT2D eigenvalue weighted by molar-refractivity contribution is 0.396. The second-order valence-corrected chi connectivity index (χ2v) is 2.92. The molecule has 1 saturated heterocycles. The Morgan fingerprint density at radius 3 is 2.54 bits per heavy atom. The van der Waals surface area contributed by atoms with Gasteiger partial charge >= 0.3 is 0 Å². The Morgan fingerprint density at radius 1 is 1.38 bits per heavy atom. The van der Waals surface area contributed by atoms with E-state index >= 15 is 0 Å². The SMILES string of the molecule is C#C[C@@H]1O[C@H]1c1ccc(OC)cc1. The number of terminal acetylenes is 1. The number of hydrogen-bond acceptors (Lipinski definition) is 2. The van der Waals surface area contributed by atoms with Crippen molar-refractivity contribution in [1.29, 1.82) is 0 Å². The van der Waals surface area contributed by atoms with Crippen molar-refractivity contribution in [2.75, 3.05) is 7.11 Å². The first-order valence-electron chi connectivity index (χ1n) is 4.10. The van der Waals surface area contributed by atoms with Gasteiger partial charge in [0.1, 0.15) is 18.0 Å². The molecule has 2 rings (SSSR count). The zero-order valence-corrected chi connectivity index (χ0v) is 7.36. The Labute approximate surface area is 77.5 Å². The first-order chi connectivity index (χ1) is 6.35. The normalized spacial score (nSPS) is 24.9. The summed E-state index contributed by atoms with van der Waals surface area (Å²) in [6, 6.07) is 7.76. The van der Waals surface area contributed by atoms with Crippen molar-refractivity contribution >= 4 is 0 Å². The van der Waals surface area contributed by atoms with Crippen LogP contribution in [-0.4, -0.2) is 13.2 Å². The maximum atomic E-state index is 5.25. The van der Waals surface area contributed by atoms with Gasteiger partial charge in [0.25, 0.3) is 0 Å². The molecule has 0 spiro atoms. The van der Waals surface area contributed by atoms with Crippen LogP contribution in [0.3, 0.4) is 0 Å². The summed E-state index contributed by atoms with van der Waals surface area (Å²) in [7, 11) is 1.65. The molecule has 1 aliphatic rings. The zero-order chi connectivity index (χ0) is 9.26. The topological polar surface area (TPSA) is 21.8 Å². The highest BCUT2D eigenvalue weighted by atomic mass is 16.6. The Kier molecular flexibility index (Phi) is 1.96. The van der Waals surface area contributed by atoms with Crippen LogP contribution in [0.15, 0.2) is 24.3 Å². The Morgan fingerprint density at radius 2 is 2.08 bits per heavy atom. The molecule has 1 heterocycles. The van der Waals surface area contributed by atoms with Crippen molar-refractivity contribution in [3.63, 3.8) is 0 Å². The molecule has 0 bridgehead atoms. The van der Waals surface area contributed by atoms with Crippen LogP contribution in [-0.2, 0) is 4.74 Å². The van der Waals surface area contributed by atoms with Crippen molar-refractivity contribution < 1.29 is 9.47 Å². The molecule has 0 aromatic heterocycles. The molecule has 0 radical (unpaired) electrons. The van der Waals surface area contributed by atoms with E-state index in [0.29, 0.717) is 0 Å². The number of ether oxygens (including phenoxy) is 2. The summed E-state index contributed by atoms with van der Waals surface area (Å²) < 4.78 is 10.3. The molecular weight excluding hydrogens is 164 g/mol. The molecule has 1 aromatic carbocycles. The van der Waals surface area contributed by atoms with Gasteiger partial charge in [-0.2, -0.15) is 0 Å². The summed E-state index contributed by atoms with van der Waals surface area (Å²) in [4.78, 5) is 0. The molecule has 2 nitrogen and oxygen atoms in total. The summed E-state index contributed by atoms with van der Waals surface area (Å²) in [6.07, 6.45) is 5.28. The lowest BCUT2D eigenvalue weighted by atomic mass is 10.1. The molecule has 0 saturated carbocycles. The van der Waals surface area contributed by atoms with Crippen LogP contribution >= 0.6 is 0 Å².